The molecule has 1 saturated heterocycles. The van der Waals surface area contributed by atoms with Crippen molar-refractivity contribution in [3.8, 4) is 0 Å². The Hall–Kier alpha value is -2.44. The van der Waals surface area contributed by atoms with Crippen LogP contribution in [0.3, 0.4) is 0 Å². The molecule has 106 valence electrons. The summed E-state index contributed by atoms with van der Waals surface area (Å²) in [6, 6.07) is 3.57. The monoisotopic (exact) mass is 277 g/mol. The number of carbonyl (C=O) groups excluding carboxylic acids is 2. The van der Waals surface area contributed by atoms with Crippen LogP contribution in [0.5, 0.6) is 0 Å². The number of esters is 2. The van der Waals surface area contributed by atoms with E-state index in [1.165, 1.54) is 13.8 Å². The third-order valence-electron chi connectivity index (χ3n) is 2.58. The van der Waals surface area contributed by atoms with Gasteiger partial charge in [-0.3, -0.25) is 5.43 Å². The molecule has 7 heteroatoms. The average Bonchev–Trinajstić information content (AvgIpc) is 2.37. The summed E-state index contributed by atoms with van der Waals surface area (Å²) in [5.41, 5.74) is 3.16. The molecule has 0 saturated carbocycles. The summed E-state index contributed by atoms with van der Waals surface area (Å²) in [6.45, 7) is 4.95. The highest BCUT2D eigenvalue weighted by molar-refractivity contribution is 6.63. The molecule has 2 rings (SSSR count). The van der Waals surface area contributed by atoms with E-state index < -0.39 is 23.4 Å². The minimum Gasteiger partial charge on any atom is -0.418 e. The molecule has 1 fully saturated rings. The van der Waals surface area contributed by atoms with E-state index in [-0.39, 0.29) is 0 Å². The number of nitrogens with one attached hydrogen (secondary N) is 1. The van der Waals surface area contributed by atoms with Crippen molar-refractivity contribution in [2.24, 2.45) is 5.10 Å². The van der Waals surface area contributed by atoms with Gasteiger partial charge in [0.1, 0.15) is 5.82 Å². The normalized spacial score (nSPS) is 17.2. The van der Waals surface area contributed by atoms with Crippen LogP contribution in [0, 0.1) is 0 Å². The maximum Gasteiger partial charge on any atom is 0.369 e. The molecule has 7 nitrogen and oxygen atoms in total. The van der Waals surface area contributed by atoms with Gasteiger partial charge in [-0.15, -0.1) is 0 Å². The summed E-state index contributed by atoms with van der Waals surface area (Å²) < 4.78 is 9.82. The zero-order valence-electron chi connectivity index (χ0n) is 11.5. The number of hydrogen-bond acceptors (Lipinski definition) is 7. The van der Waals surface area contributed by atoms with E-state index in [2.05, 4.69) is 15.5 Å². The van der Waals surface area contributed by atoms with E-state index in [1.807, 2.05) is 13.0 Å². The van der Waals surface area contributed by atoms with Crippen LogP contribution in [0.2, 0.25) is 0 Å². The predicted octanol–water partition coefficient (Wildman–Crippen LogP) is 1.25. The Kier molecular flexibility index (Phi) is 3.69. The molecule has 20 heavy (non-hydrogen) atoms. The minimum absolute atomic E-state index is 0.417. The fourth-order valence-electron chi connectivity index (χ4n) is 1.55. The summed E-state index contributed by atoms with van der Waals surface area (Å²) in [7, 11) is 0. The predicted molar refractivity (Wildman–Crippen MR) is 70.9 cm³/mol. The summed E-state index contributed by atoms with van der Waals surface area (Å²) in [5.74, 6) is -2.51. The number of aromatic nitrogens is 1. The maximum atomic E-state index is 11.6. The summed E-state index contributed by atoms with van der Waals surface area (Å²) in [5, 5.41) is 3.69. The number of hydrazone groups is 1. The third kappa shape index (κ3) is 3.11. The SMILES string of the molecule is CCc1ccc(NN=C2C(=O)OC(C)(C)OC2=O)nc1. The van der Waals surface area contributed by atoms with Gasteiger partial charge in [0.15, 0.2) is 0 Å². The first-order chi connectivity index (χ1) is 9.41. The minimum atomic E-state index is -1.27. The van der Waals surface area contributed by atoms with Crippen LogP contribution in [0.4, 0.5) is 5.82 Å². The van der Waals surface area contributed by atoms with Crippen molar-refractivity contribution in [3.05, 3.63) is 23.9 Å². The number of ether oxygens (including phenoxy) is 2. The molecule has 1 aliphatic heterocycles. The van der Waals surface area contributed by atoms with Crippen LogP contribution < -0.4 is 5.43 Å². The zero-order valence-corrected chi connectivity index (χ0v) is 11.5. The lowest BCUT2D eigenvalue weighted by Gasteiger charge is -2.28. The van der Waals surface area contributed by atoms with Gasteiger partial charge in [0.25, 0.3) is 11.5 Å². The Bertz CT molecular complexity index is 541. The smallest absolute Gasteiger partial charge is 0.369 e. The second kappa shape index (κ2) is 5.28. The topological polar surface area (TPSA) is 89.9 Å². The lowest BCUT2D eigenvalue weighted by molar-refractivity contribution is -0.214. The van der Waals surface area contributed by atoms with Crippen molar-refractivity contribution in [1.82, 2.24) is 4.98 Å². The number of anilines is 1. The zero-order chi connectivity index (χ0) is 14.8. The van der Waals surface area contributed by atoms with Gasteiger partial charge in [-0.2, -0.15) is 5.10 Å². The van der Waals surface area contributed by atoms with Crippen LogP contribution >= 0.6 is 0 Å². The standard InChI is InChI=1S/C13H15N3O4/c1-4-8-5-6-9(14-7-8)15-16-10-11(17)19-13(2,3)20-12(10)18/h5-7H,4H2,1-3H3,(H,14,15). The Labute approximate surface area is 116 Å². The first kappa shape index (κ1) is 14.0. The van der Waals surface area contributed by atoms with E-state index >= 15 is 0 Å². The molecule has 2 heterocycles. The first-order valence-electron chi connectivity index (χ1n) is 6.16. The highest BCUT2D eigenvalue weighted by atomic mass is 16.7. The molecule has 0 aromatic carbocycles. The molecular weight excluding hydrogens is 262 g/mol. The van der Waals surface area contributed by atoms with E-state index in [9.17, 15) is 9.59 Å². The molecule has 1 aliphatic rings. The molecule has 1 N–H and O–H groups in total. The van der Waals surface area contributed by atoms with Crippen molar-refractivity contribution in [2.45, 2.75) is 33.0 Å². The van der Waals surface area contributed by atoms with Gasteiger partial charge in [-0.1, -0.05) is 13.0 Å². The maximum absolute atomic E-state index is 11.6. The summed E-state index contributed by atoms with van der Waals surface area (Å²) >= 11 is 0. The van der Waals surface area contributed by atoms with Gasteiger partial charge in [0.05, 0.1) is 0 Å². The summed E-state index contributed by atoms with van der Waals surface area (Å²) in [4.78, 5) is 27.3. The lowest BCUT2D eigenvalue weighted by atomic mass is 10.2. The largest absolute Gasteiger partial charge is 0.418 e. The second-order valence-electron chi connectivity index (χ2n) is 4.66. The Balaban J connectivity index is 2.10. The number of rotatable bonds is 3. The van der Waals surface area contributed by atoms with Gasteiger partial charge >= 0.3 is 11.9 Å². The number of cyclic esters (lactones) is 2. The lowest BCUT2D eigenvalue weighted by Crippen LogP contribution is -2.47. The highest BCUT2D eigenvalue weighted by Gasteiger charge is 2.40. The number of hydrogen-bond donors (Lipinski definition) is 1. The van der Waals surface area contributed by atoms with E-state index in [4.69, 9.17) is 9.47 Å². The summed E-state index contributed by atoms with van der Waals surface area (Å²) in [6.07, 6.45) is 2.55. The van der Waals surface area contributed by atoms with Crippen LogP contribution in [-0.2, 0) is 25.5 Å². The quantitative estimate of drug-likeness (QED) is 0.660. The molecule has 0 atom stereocenters. The van der Waals surface area contributed by atoms with Crippen LogP contribution in [-0.4, -0.2) is 28.4 Å². The molecule has 0 amide bonds. The highest BCUT2D eigenvalue weighted by Crippen LogP contribution is 2.18. The van der Waals surface area contributed by atoms with Gasteiger partial charge in [-0.25, -0.2) is 14.6 Å². The molecule has 1 aromatic rings. The van der Waals surface area contributed by atoms with Crippen molar-refractivity contribution in [3.63, 3.8) is 0 Å². The molecular formula is C13H15N3O4. The Morgan fingerprint density at radius 1 is 1.25 bits per heavy atom. The van der Waals surface area contributed by atoms with E-state index in [0.29, 0.717) is 5.82 Å². The van der Waals surface area contributed by atoms with Crippen molar-refractivity contribution in [2.75, 3.05) is 5.43 Å². The fraction of sp³-hybridized carbons (Fsp3) is 0.385. The van der Waals surface area contributed by atoms with Crippen molar-refractivity contribution < 1.29 is 19.1 Å². The molecule has 0 spiro atoms. The van der Waals surface area contributed by atoms with Crippen LogP contribution in [0.1, 0.15) is 26.3 Å². The fourth-order valence-corrected chi connectivity index (χ4v) is 1.55. The molecule has 0 aliphatic carbocycles. The van der Waals surface area contributed by atoms with Gasteiger partial charge in [-0.05, 0) is 18.1 Å². The number of pyridine rings is 1. The van der Waals surface area contributed by atoms with Crippen molar-refractivity contribution >= 4 is 23.5 Å². The van der Waals surface area contributed by atoms with Crippen LogP contribution in [0.15, 0.2) is 23.4 Å². The molecule has 0 radical (unpaired) electrons. The van der Waals surface area contributed by atoms with Crippen LogP contribution in [0.25, 0.3) is 0 Å². The molecule has 0 unspecified atom stereocenters. The third-order valence-corrected chi connectivity index (χ3v) is 2.58. The first-order valence-corrected chi connectivity index (χ1v) is 6.16. The van der Waals surface area contributed by atoms with Crippen molar-refractivity contribution in [1.29, 1.82) is 0 Å². The Morgan fingerprint density at radius 2 is 1.90 bits per heavy atom. The molecule has 0 bridgehead atoms. The van der Waals surface area contributed by atoms with Gasteiger partial charge in [0, 0.05) is 20.0 Å². The van der Waals surface area contributed by atoms with E-state index in [1.54, 1.807) is 12.3 Å². The molecule has 1 aromatic heterocycles. The number of aryl methyl sites for hydroxylation is 1. The van der Waals surface area contributed by atoms with E-state index in [0.717, 1.165) is 12.0 Å². The second-order valence-corrected chi connectivity index (χ2v) is 4.66. The number of carbonyl (C=O) groups is 2. The van der Waals surface area contributed by atoms with Gasteiger partial charge in [0.2, 0.25) is 0 Å². The number of nitrogens with zero attached hydrogens (tertiary/aromatic N) is 2. The Morgan fingerprint density at radius 3 is 2.40 bits per heavy atom. The average molecular weight is 277 g/mol. The van der Waals surface area contributed by atoms with Gasteiger partial charge < -0.3 is 9.47 Å².